The lowest BCUT2D eigenvalue weighted by atomic mass is 10.2. The van der Waals surface area contributed by atoms with E-state index < -0.39 is 0 Å². The molecular weight excluding hydrogens is 302 g/mol. The average molecular weight is 324 g/mol. The van der Waals surface area contributed by atoms with Crippen molar-refractivity contribution in [1.82, 2.24) is 15.1 Å². The van der Waals surface area contributed by atoms with Crippen LogP contribution < -0.4 is 5.32 Å². The Morgan fingerprint density at radius 3 is 2.73 bits per heavy atom. The monoisotopic (exact) mass is 323 g/mol. The van der Waals surface area contributed by atoms with E-state index in [0.717, 1.165) is 18.4 Å². The molecule has 0 saturated carbocycles. The Morgan fingerprint density at radius 1 is 1.27 bits per heavy atom. The van der Waals surface area contributed by atoms with Crippen LogP contribution in [-0.4, -0.2) is 47.9 Å². The number of carbonyl (C=O) groups excluding carboxylic acids is 2. The van der Waals surface area contributed by atoms with Crippen molar-refractivity contribution in [2.75, 3.05) is 26.2 Å². The molecular formula is C16H22ClN3O2. The molecule has 1 N–H and O–H groups in total. The number of halogens is 1. The number of benzene rings is 1. The first-order chi connectivity index (χ1) is 10.6. The average Bonchev–Trinajstić information content (AvgIpc) is 2.83. The molecule has 2 rings (SSSR count). The number of carbonyl (C=O) groups is 2. The van der Waals surface area contributed by atoms with Gasteiger partial charge in [-0.25, -0.2) is 4.79 Å². The number of hydrogen-bond donors (Lipinski definition) is 1. The van der Waals surface area contributed by atoms with Crippen LogP contribution in [0.5, 0.6) is 0 Å². The van der Waals surface area contributed by atoms with Crippen LogP contribution in [0.1, 0.15) is 25.3 Å². The van der Waals surface area contributed by atoms with E-state index in [1.165, 1.54) is 0 Å². The molecule has 0 bridgehead atoms. The second-order valence-electron chi connectivity index (χ2n) is 5.42. The van der Waals surface area contributed by atoms with Gasteiger partial charge in [-0.05, 0) is 18.1 Å². The first kappa shape index (κ1) is 16.6. The Kier molecular flexibility index (Phi) is 6.07. The highest BCUT2D eigenvalue weighted by atomic mass is 35.5. The molecule has 0 unspecified atom stereocenters. The van der Waals surface area contributed by atoms with Gasteiger partial charge in [-0.2, -0.15) is 0 Å². The number of nitrogens with zero attached hydrogens (tertiary/aromatic N) is 2. The zero-order valence-electron chi connectivity index (χ0n) is 12.8. The Morgan fingerprint density at radius 2 is 2.00 bits per heavy atom. The Bertz CT molecular complexity index is 536. The van der Waals surface area contributed by atoms with Crippen molar-refractivity contribution < 1.29 is 9.59 Å². The summed E-state index contributed by atoms with van der Waals surface area (Å²) in [6.45, 7) is 4.54. The zero-order valence-corrected chi connectivity index (χ0v) is 13.6. The lowest BCUT2D eigenvalue weighted by Crippen LogP contribution is -2.40. The van der Waals surface area contributed by atoms with Gasteiger partial charge in [-0.1, -0.05) is 43.1 Å². The molecule has 0 spiro atoms. The molecule has 3 amide bonds. The van der Waals surface area contributed by atoms with Gasteiger partial charge in [0, 0.05) is 31.2 Å². The van der Waals surface area contributed by atoms with Gasteiger partial charge < -0.3 is 15.1 Å². The minimum absolute atomic E-state index is 0.0959. The molecule has 1 aromatic carbocycles. The van der Waals surface area contributed by atoms with E-state index >= 15 is 0 Å². The van der Waals surface area contributed by atoms with E-state index in [9.17, 15) is 9.59 Å². The molecule has 22 heavy (non-hydrogen) atoms. The van der Waals surface area contributed by atoms with E-state index in [-0.39, 0.29) is 18.5 Å². The molecule has 1 heterocycles. The SMILES string of the molecule is CCCCNC(=O)CN1CCN(Cc2ccccc2Cl)C1=O. The highest BCUT2D eigenvalue weighted by Crippen LogP contribution is 2.19. The summed E-state index contributed by atoms with van der Waals surface area (Å²) in [4.78, 5) is 27.4. The molecule has 1 fully saturated rings. The van der Waals surface area contributed by atoms with Gasteiger partial charge in [0.1, 0.15) is 6.54 Å². The topological polar surface area (TPSA) is 52.7 Å². The van der Waals surface area contributed by atoms with Gasteiger partial charge in [-0.15, -0.1) is 0 Å². The standard InChI is InChI=1S/C16H22ClN3O2/c1-2-3-8-18-15(21)12-20-10-9-19(16(20)22)11-13-6-4-5-7-14(13)17/h4-7H,2-3,8-12H2,1H3,(H,18,21). The van der Waals surface area contributed by atoms with Gasteiger partial charge in [0.2, 0.25) is 5.91 Å². The van der Waals surface area contributed by atoms with E-state index in [0.29, 0.717) is 31.2 Å². The fourth-order valence-electron chi connectivity index (χ4n) is 2.39. The maximum Gasteiger partial charge on any atom is 0.320 e. The summed E-state index contributed by atoms with van der Waals surface area (Å²) in [6.07, 6.45) is 1.99. The van der Waals surface area contributed by atoms with E-state index in [4.69, 9.17) is 11.6 Å². The van der Waals surface area contributed by atoms with Crippen molar-refractivity contribution >= 4 is 23.5 Å². The maximum atomic E-state index is 12.3. The zero-order chi connectivity index (χ0) is 15.9. The first-order valence-corrected chi connectivity index (χ1v) is 8.03. The van der Waals surface area contributed by atoms with Crippen molar-refractivity contribution in [3.8, 4) is 0 Å². The van der Waals surface area contributed by atoms with Crippen LogP contribution in [0.4, 0.5) is 4.79 Å². The minimum atomic E-state index is -0.106. The smallest absolute Gasteiger partial charge is 0.320 e. The van der Waals surface area contributed by atoms with Crippen molar-refractivity contribution in [3.63, 3.8) is 0 Å². The number of hydrogen-bond acceptors (Lipinski definition) is 2. The lowest BCUT2D eigenvalue weighted by Gasteiger charge is -2.19. The predicted octanol–water partition coefficient (Wildman–Crippen LogP) is 2.49. The van der Waals surface area contributed by atoms with Crippen LogP contribution in [0.3, 0.4) is 0 Å². The largest absolute Gasteiger partial charge is 0.355 e. The Labute approximate surface area is 136 Å². The second kappa shape index (κ2) is 8.03. The highest BCUT2D eigenvalue weighted by molar-refractivity contribution is 6.31. The fraction of sp³-hybridized carbons (Fsp3) is 0.500. The Hall–Kier alpha value is -1.75. The number of nitrogens with one attached hydrogen (secondary N) is 1. The molecule has 5 nitrogen and oxygen atoms in total. The van der Waals surface area contributed by atoms with Crippen molar-refractivity contribution in [2.24, 2.45) is 0 Å². The van der Waals surface area contributed by atoms with Crippen LogP contribution in [0.15, 0.2) is 24.3 Å². The third-order valence-corrected chi connectivity index (χ3v) is 4.06. The molecule has 1 aliphatic heterocycles. The molecule has 0 atom stereocenters. The van der Waals surface area contributed by atoms with Crippen LogP contribution in [0.25, 0.3) is 0 Å². The van der Waals surface area contributed by atoms with Crippen LogP contribution >= 0.6 is 11.6 Å². The number of rotatable bonds is 7. The summed E-state index contributed by atoms with van der Waals surface area (Å²) in [5.41, 5.74) is 0.923. The summed E-state index contributed by atoms with van der Waals surface area (Å²) < 4.78 is 0. The van der Waals surface area contributed by atoms with Gasteiger partial charge in [-0.3, -0.25) is 4.79 Å². The van der Waals surface area contributed by atoms with Crippen molar-refractivity contribution in [2.45, 2.75) is 26.3 Å². The molecule has 120 valence electrons. The molecule has 1 aromatic rings. The quantitative estimate of drug-likeness (QED) is 0.784. The van der Waals surface area contributed by atoms with Gasteiger partial charge in [0.05, 0.1) is 0 Å². The van der Waals surface area contributed by atoms with Crippen LogP contribution in [0.2, 0.25) is 5.02 Å². The molecule has 1 aliphatic rings. The Balaban J connectivity index is 1.85. The number of urea groups is 1. The molecule has 0 radical (unpaired) electrons. The lowest BCUT2D eigenvalue weighted by molar-refractivity contribution is -0.121. The third-order valence-electron chi connectivity index (χ3n) is 3.69. The summed E-state index contributed by atoms with van der Waals surface area (Å²) in [6, 6.07) is 7.39. The fourth-order valence-corrected chi connectivity index (χ4v) is 2.59. The van der Waals surface area contributed by atoms with Gasteiger partial charge >= 0.3 is 6.03 Å². The molecule has 1 saturated heterocycles. The summed E-state index contributed by atoms with van der Waals surface area (Å²) in [5, 5.41) is 3.49. The summed E-state index contributed by atoms with van der Waals surface area (Å²) in [5.74, 6) is -0.0959. The number of amides is 3. The second-order valence-corrected chi connectivity index (χ2v) is 5.83. The van der Waals surface area contributed by atoms with Crippen LogP contribution in [0, 0.1) is 0 Å². The summed E-state index contributed by atoms with van der Waals surface area (Å²) >= 11 is 6.13. The molecule has 0 aliphatic carbocycles. The molecule has 0 aromatic heterocycles. The number of unbranched alkanes of at least 4 members (excludes halogenated alkanes) is 1. The van der Waals surface area contributed by atoms with Crippen molar-refractivity contribution in [3.05, 3.63) is 34.9 Å². The van der Waals surface area contributed by atoms with E-state index in [1.807, 2.05) is 24.3 Å². The molecule has 6 heteroatoms. The van der Waals surface area contributed by atoms with Gasteiger partial charge in [0.15, 0.2) is 0 Å². The van der Waals surface area contributed by atoms with Gasteiger partial charge in [0.25, 0.3) is 0 Å². The first-order valence-electron chi connectivity index (χ1n) is 7.65. The summed E-state index contributed by atoms with van der Waals surface area (Å²) in [7, 11) is 0. The van der Waals surface area contributed by atoms with Crippen molar-refractivity contribution in [1.29, 1.82) is 0 Å². The predicted molar refractivity (Wildman–Crippen MR) is 86.7 cm³/mol. The maximum absolute atomic E-state index is 12.3. The van der Waals surface area contributed by atoms with E-state index in [1.54, 1.807) is 9.80 Å². The van der Waals surface area contributed by atoms with Crippen LogP contribution in [-0.2, 0) is 11.3 Å². The highest BCUT2D eigenvalue weighted by Gasteiger charge is 2.29. The normalized spacial score (nSPS) is 14.5. The van der Waals surface area contributed by atoms with E-state index in [2.05, 4.69) is 12.2 Å². The third kappa shape index (κ3) is 4.37. The minimum Gasteiger partial charge on any atom is -0.355 e.